The molecule has 1 amide bonds. The summed E-state index contributed by atoms with van der Waals surface area (Å²) in [6.45, 7) is 7.93. The second-order valence-electron chi connectivity index (χ2n) is 4.99. The molecule has 0 aromatic heterocycles. The maximum absolute atomic E-state index is 11.8. The third-order valence-corrected chi connectivity index (χ3v) is 2.24. The number of ether oxygens (including phenoxy) is 2. The highest BCUT2D eigenvalue weighted by atomic mass is 16.6. The Kier molecular flexibility index (Phi) is 3.91. The van der Waals surface area contributed by atoms with E-state index in [1.165, 1.54) is 4.90 Å². The van der Waals surface area contributed by atoms with Gasteiger partial charge in [0.15, 0.2) is 6.29 Å². The van der Waals surface area contributed by atoms with Crippen LogP contribution in [0.25, 0.3) is 0 Å². The molecule has 1 heterocycles. The minimum absolute atomic E-state index is 0.0638. The van der Waals surface area contributed by atoms with Crippen molar-refractivity contribution in [2.24, 2.45) is 0 Å². The van der Waals surface area contributed by atoms with Crippen molar-refractivity contribution in [2.75, 3.05) is 13.2 Å². The molecule has 0 N–H and O–H groups in total. The summed E-state index contributed by atoms with van der Waals surface area (Å²) in [5.74, 6) is 0. The van der Waals surface area contributed by atoms with Crippen molar-refractivity contribution < 1.29 is 19.1 Å². The van der Waals surface area contributed by atoms with Gasteiger partial charge in [0.25, 0.3) is 0 Å². The first kappa shape index (κ1) is 13.0. The van der Waals surface area contributed by atoms with E-state index in [9.17, 15) is 9.59 Å². The number of carbonyl (C=O) groups excluding carboxylic acids is 2. The predicted octanol–water partition coefficient (Wildman–Crippen LogP) is 1.21. The van der Waals surface area contributed by atoms with Crippen LogP contribution in [0.1, 0.15) is 27.7 Å². The SMILES string of the molecule is C[C@@H]1CO[C@H](C=O)CN1C(=O)OC(C)(C)C. The minimum Gasteiger partial charge on any atom is -0.444 e. The molecule has 1 fully saturated rings. The summed E-state index contributed by atoms with van der Waals surface area (Å²) < 4.78 is 10.5. The summed E-state index contributed by atoms with van der Waals surface area (Å²) in [4.78, 5) is 24.0. The number of amides is 1. The summed E-state index contributed by atoms with van der Waals surface area (Å²) in [5.41, 5.74) is -0.522. The van der Waals surface area contributed by atoms with Crippen LogP contribution in [0.3, 0.4) is 0 Å². The summed E-state index contributed by atoms with van der Waals surface area (Å²) in [5, 5.41) is 0. The third kappa shape index (κ3) is 3.48. The van der Waals surface area contributed by atoms with Crippen LogP contribution in [0.15, 0.2) is 0 Å². The molecule has 0 aliphatic carbocycles. The summed E-state index contributed by atoms with van der Waals surface area (Å²) in [7, 11) is 0. The van der Waals surface area contributed by atoms with Gasteiger partial charge in [0.1, 0.15) is 11.7 Å². The maximum Gasteiger partial charge on any atom is 0.410 e. The molecule has 0 unspecified atom stereocenters. The number of morpholine rings is 1. The Bertz CT molecular complexity index is 272. The lowest BCUT2D eigenvalue weighted by molar-refractivity contribution is -0.126. The van der Waals surface area contributed by atoms with Crippen molar-refractivity contribution in [1.82, 2.24) is 4.90 Å². The fourth-order valence-electron chi connectivity index (χ4n) is 1.44. The molecule has 1 aliphatic rings. The summed E-state index contributed by atoms with van der Waals surface area (Å²) in [6, 6.07) is -0.0638. The lowest BCUT2D eigenvalue weighted by Crippen LogP contribution is -2.52. The molecule has 92 valence electrons. The van der Waals surface area contributed by atoms with E-state index in [1.807, 2.05) is 27.7 Å². The molecule has 0 saturated carbocycles. The van der Waals surface area contributed by atoms with E-state index >= 15 is 0 Å². The van der Waals surface area contributed by atoms with E-state index in [1.54, 1.807) is 0 Å². The van der Waals surface area contributed by atoms with Crippen LogP contribution in [0.5, 0.6) is 0 Å². The normalized spacial score (nSPS) is 26.4. The van der Waals surface area contributed by atoms with Gasteiger partial charge in [0, 0.05) is 0 Å². The monoisotopic (exact) mass is 229 g/mol. The fourth-order valence-corrected chi connectivity index (χ4v) is 1.44. The Morgan fingerprint density at radius 2 is 2.12 bits per heavy atom. The van der Waals surface area contributed by atoms with Gasteiger partial charge in [0.05, 0.1) is 19.2 Å². The molecule has 5 nitrogen and oxygen atoms in total. The molecule has 1 aliphatic heterocycles. The topological polar surface area (TPSA) is 55.8 Å². The van der Waals surface area contributed by atoms with Gasteiger partial charge < -0.3 is 19.2 Å². The Hall–Kier alpha value is -1.10. The van der Waals surface area contributed by atoms with E-state index in [0.29, 0.717) is 12.9 Å². The molecule has 16 heavy (non-hydrogen) atoms. The Morgan fingerprint density at radius 1 is 1.50 bits per heavy atom. The van der Waals surface area contributed by atoms with Crippen LogP contribution in [-0.2, 0) is 14.3 Å². The van der Waals surface area contributed by atoms with E-state index in [4.69, 9.17) is 9.47 Å². The molecule has 5 heteroatoms. The quantitative estimate of drug-likeness (QED) is 0.634. The first-order valence-corrected chi connectivity index (χ1v) is 5.40. The maximum atomic E-state index is 11.8. The summed E-state index contributed by atoms with van der Waals surface area (Å²) in [6.07, 6.45) is -0.220. The number of nitrogens with zero attached hydrogens (tertiary/aromatic N) is 1. The molecule has 2 atom stereocenters. The Labute approximate surface area is 95.7 Å². The second-order valence-corrected chi connectivity index (χ2v) is 4.99. The van der Waals surface area contributed by atoms with Crippen LogP contribution in [0.4, 0.5) is 4.79 Å². The van der Waals surface area contributed by atoms with E-state index in [-0.39, 0.29) is 12.6 Å². The van der Waals surface area contributed by atoms with Crippen LogP contribution >= 0.6 is 0 Å². The molecule has 0 spiro atoms. The number of hydrogen-bond donors (Lipinski definition) is 0. The molecule has 0 bridgehead atoms. The van der Waals surface area contributed by atoms with Crippen molar-refractivity contribution in [2.45, 2.75) is 45.4 Å². The van der Waals surface area contributed by atoms with E-state index in [2.05, 4.69) is 0 Å². The fraction of sp³-hybridized carbons (Fsp3) is 0.818. The molecule has 1 rings (SSSR count). The van der Waals surface area contributed by atoms with Crippen LogP contribution in [-0.4, -0.2) is 48.2 Å². The van der Waals surface area contributed by atoms with Crippen molar-refractivity contribution in [3.8, 4) is 0 Å². The zero-order valence-electron chi connectivity index (χ0n) is 10.2. The first-order valence-electron chi connectivity index (χ1n) is 5.40. The van der Waals surface area contributed by atoms with Gasteiger partial charge in [-0.2, -0.15) is 0 Å². The van der Waals surface area contributed by atoms with Gasteiger partial charge in [-0.25, -0.2) is 4.79 Å². The van der Waals surface area contributed by atoms with Gasteiger partial charge in [0.2, 0.25) is 0 Å². The van der Waals surface area contributed by atoms with Gasteiger partial charge >= 0.3 is 6.09 Å². The van der Waals surface area contributed by atoms with Crippen molar-refractivity contribution in [1.29, 1.82) is 0 Å². The molecular weight excluding hydrogens is 210 g/mol. The average Bonchev–Trinajstić information content (AvgIpc) is 2.15. The lowest BCUT2D eigenvalue weighted by Gasteiger charge is -2.36. The molecular formula is C11H19NO4. The Morgan fingerprint density at radius 3 is 2.62 bits per heavy atom. The van der Waals surface area contributed by atoms with Gasteiger partial charge in [-0.3, -0.25) is 0 Å². The minimum atomic E-state index is -0.538. The highest BCUT2D eigenvalue weighted by Crippen LogP contribution is 2.16. The van der Waals surface area contributed by atoms with Crippen LogP contribution in [0, 0.1) is 0 Å². The average molecular weight is 229 g/mol. The molecule has 0 aromatic rings. The predicted molar refractivity (Wildman–Crippen MR) is 58.2 cm³/mol. The molecule has 0 radical (unpaired) electrons. The van der Waals surface area contributed by atoms with Gasteiger partial charge in [-0.15, -0.1) is 0 Å². The van der Waals surface area contributed by atoms with Crippen LogP contribution < -0.4 is 0 Å². The van der Waals surface area contributed by atoms with Crippen LogP contribution in [0.2, 0.25) is 0 Å². The van der Waals surface area contributed by atoms with Gasteiger partial charge in [-0.1, -0.05) is 0 Å². The third-order valence-electron chi connectivity index (χ3n) is 2.24. The molecule has 0 aromatic carbocycles. The highest BCUT2D eigenvalue weighted by Gasteiger charge is 2.32. The standard InChI is InChI=1S/C11H19NO4/c1-8-7-15-9(6-13)5-12(8)10(14)16-11(2,3)4/h6,8-9H,5,7H2,1-4H3/t8-,9+/m1/s1. The second kappa shape index (κ2) is 4.82. The zero-order valence-corrected chi connectivity index (χ0v) is 10.2. The number of rotatable bonds is 1. The highest BCUT2D eigenvalue weighted by molar-refractivity contribution is 5.70. The summed E-state index contributed by atoms with van der Waals surface area (Å²) >= 11 is 0. The van der Waals surface area contributed by atoms with Gasteiger partial charge in [-0.05, 0) is 27.7 Å². The van der Waals surface area contributed by atoms with E-state index < -0.39 is 17.8 Å². The Balaban J connectivity index is 2.62. The largest absolute Gasteiger partial charge is 0.444 e. The number of carbonyl (C=O) groups is 2. The molecule has 1 saturated heterocycles. The smallest absolute Gasteiger partial charge is 0.410 e. The first-order chi connectivity index (χ1) is 7.33. The van der Waals surface area contributed by atoms with E-state index in [0.717, 1.165) is 0 Å². The number of hydrogen-bond acceptors (Lipinski definition) is 4. The number of aldehydes is 1. The lowest BCUT2D eigenvalue weighted by atomic mass is 10.2. The van der Waals surface area contributed by atoms with Crippen molar-refractivity contribution in [3.63, 3.8) is 0 Å². The van der Waals surface area contributed by atoms with Crippen molar-refractivity contribution >= 4 is 12.4 Å². The van der Waals surface area contributed by atoms with Crippen molar-refractivity contribution in [3.05, 3.63) is 0 Å². The zero-order chi connectivity index (χ0) is 12.3.